The van der Waals surface area contributed by atoms with E-state index >= 15 is 0 Å². The Morgan fingerprint density at radius 3 is 2.42 bits per heavy atom. The summed E-state index contributed by atoms with van der Waals surface area (Å²) in [4.78, 5) is 17.0. The average Bonchev–Trinajstić information content (AvgIpc) is 2.63. The molecule has 0 atom stereocenters. The molecule has 2 fully saturated rings. The number of nitrogens with zero attached hydrogens (tertiary/aromatic N) is 2. The predicted octanol–water partition coefficient (Wildman–Crippen LogP) is 2.76. The lowest BCUT2D eigenvalue weighted by Crippen LogP contribution is -2.46. The Balaban J connectivity index is 1.57. The van der Waals surface area contributed by atoms with Crippen LogP contribution < -0.4 is 0 Å². The number of phenolic OH excluding ortho intramolecular Hbond substituents is 1. The number of carbonyl (C=O) groups excluding carboxylic acids is 1. The van der Waals surface area contributed by atoms with E-state index in [0.29, 0.717) is 24.9 Å². The molecule has 0 unspecified atom stereocenters. The average molecular weight is 360 g/mol. The van der Waals surface area contributed by atoms with Crippen molar-refractivity contribution in [2.24, 2.45) is 5.92 Å². The first-order chi connectivity index (χ1) is 12.4. The first-order valence-electron chi connectivity index (χ1n) is 9.76. The van der Waals surface area contributed by atoms with Gasteiger partial charge in [0.25, 0.3) is 0 Å². The van der Waals surface area contributed by atoms with Gasteiger partial charge in [0.2, 0.25) is 5.91 Å². The number of piperidine rings is 1. The summed E-state index contributed by atoms with van der Waals surface area (Å²) >= 11 is 0. The lowest BCUT2D eigenvalue weighted by Gasteiger charge is -2.35. The zero-order valence-electron chi connectivity index (χ0n) is 16.3. The smallest absolute Gasteiger partial charge is 0.225 e. The molecule has 0 spiro atoms. The Labute approximate surface area is 156 Å². The number of rotatable bonds is 3. The van der Waals surface area contributed by atoms with Crippen molar-refractivity contribution in [2.45, 2.75) is 45.6 Å². The number of carbonyl (C=O) groups is 1. The van der Waals surface area contributed by atoms with Crippen LogP contribution in [0.3, 0.4) is 0 Å². The third-order valence-corrected chi connectivity index (χ3v) is 5.58. The van der Waals surface area contributed by atoms with Crippen LogP contribution in [0.25, 0.3) is 0 Å². The summed E-state index contributed by atoms with van der Waals surface area (Å²) in [6, 6.07) is 6.05. The highest BCUT2D eigenvalue weighted by Gasteiger charge is 2.30. The van der Waals surface area contributed by atoms with Gasteiger partial charge in [0.1, 0.15) is 5.75 Å². The minimum atomic E-state index is -0.0718. The minimum absolute atomic E-state index is 0.0718. The van der Waals surface area contributed by atoms with Crippen LogP contribution in [0.15, 0.2) is 18.2 Å². The molecule has 144 valence electrons. The quantitative estimate of drug-likeness (QED) is 0.901. The highest BCUT2D eigenvalue weighted by Crippen LogP contribution is 2.34. The number of ether oxygens (including phenoxy) is 1. The number of phenols is 1. The van der Waals surface area contributed by atoms with Gasteiger partial charge in [-0.25, -0.2) is 0 Å². The molecule has 1 aromatic carbocycles. The molecule has 0 radical (unpaired) electrons. The van der Waals surface area contributed by atoms with Crippen molar-refractivity contribution in [1.29, 1.82) is 0 Å². The maximum atomic E-state index is 12.6. The van der Waals surface area contributed by atoms with Crippen LogP contribution in [0, 0.1) is 5.92 Å². The van der Waals surface area contributed by atoms with E-state index in [9.17, 15) is 9.90 Å². The van der Waals surface area contributed by atoms with Gasteiger partial charge in [0.15, 0.2) is 0 Å². The Hall–Kier alpha value is -1.59. The van der Waals surface area contributed by atoms with Crippen molar-refractivity contribution in [1.82, 2.24) is 9.80 Å². The molecule has 0 saturated carbocycles. The number of morpholine rings is 1. The molecule has 2 aliphatic heterocycles. The van der Waals surface area contributed by atoms with Crippen molar-refractivity contribution in [3.8, 4) is 5.75 Å². The first-order valence-corrected chi connectivity index (χ1v) is 9.76. The van der Waals surface area contributed by atoms with Crippen LogP contribution in [0.1, 0.15) is 44.7 Å². The van der Waals surface area contributed by atoms with Gasteiger partial charge in [-0.1, -0.05) is 39.0 Å². The van der Waals surface area contributed by atoms with E-state index in [2.05, 4.69) is 25.7 Å². The second-order valence-electron chi connectivity index (χ2n) is 8.55. The van der Waals surface area contributed by atoms with Crippen LogP contribution in [0.2, 0.25) is 0 Å². The number of para-hydroxylation sites is 1. The van der Waals surface area contributed by atoms with Gasteiger partial charge < -0.3 is 14.7 Å². The summed E-state index contributed by atoms with van der Waals surface area (Å²) < 4.78 is 5.34. The van der Waals surface area contributed by atoms with Crippen LogP contribution in [0.4, 0.5) is 0 Å². The SMILES string of the molecule is CC(C)(C)c1cccc(CN2CCC(C(=O)N3CCOCC3)CC2)c1O. The number of aromatic hydroxyl groups is 1. The van der Waals surface area contributed by atoms with Gasteiger partial charge >= 0.3 is 0 Å². The molecular weight excluding hydrogens is 328 g/mol. The van der Waals surface area contributed by atoms with E-state index in [4.69, 9.17) is 4.74 Å². The van der Waals surface area contributed by atoms with Crippen molar-refractivity contribution >= 4 is 5.91 Å². The molecule has 1 aromatic rings. The molecular formula is C21H32N2O3. The van der Waals surface area contributed by atoms with Gasteiger partial charge in [0.05, 0.1) is 13.2 Å². The van der Waals surface area contributed by atoms with Crippen molar-refractivity contribution in [2.75, 3.05) is 39.4 Å². The molecule has 0 aromatic heterocycles. The van der Waals surface area contributed by atoms with Crippen LogP contribution >= 0.6 is 0 Å². The summed E-state index contributed by atoms with van der Waals surface area (Å²) in [5.41, 5.74) is 1.90. The predicted molar refractivity (Wildman–Crippen MR) is 102 cm³/mol. The number of hydrogen-bond donors (Lipinski definition) is 1. The topological polar surface area (TPSA) is 53.0 Å². The van der Waals surface area contributed by atoms with E-state index in [0.717, 1.165) is 56.7 Å². The summed E-state index contributed by atoms with van der Waals surface area (Å²) in [5, 5.41) is 10.7. The summed E-state index contributed by atoms with van der Waals surface area (Å²) in [6.45, 7) is 11.7. The minimum Gasteiger partial charge on any atom is -0.507 e. The number of likely N-dealkylation sites (tertiary alicyclic amines) is 1. The standard InChI is InChI=1S/C21H32N2O3/c1-21(2,3)18-6-4-5-17(19(18)24)15-22-9-7-16(8-10-22)20(25)23-11-13-26-14-12-23/h4-6,16,24H,7-15H2,1-3H3. The molecule has 1 amide bonds. The Morgan fingerprint density at radius 2 is 1.81 bits per heavy atom. The van der Waals surface area contributed by atoms with E-state index in [1.54, 1.807) is 0 Å². The maximum absolute atomic E-state index is 12.6. The van der Waals surface area contributed by atoms with E-state index in [-0.39, 0.29) is 11.3 Å². The second-order valence-corrected chi connectivity index (χ2v) is 8.55. The molecule has 2 heterocycles. The lowest BCUT2D eigenvalue weighted by atomic mass is 9.85. The summed E-state index contributed by atoms with van der Waals surface area (Å²) in [5.74, 6) is 0.857. The largest absolute Gasteiger partial charge is 0.507 e. The molecule has 5 nitrogen and oxygen atoms in total. The number of amides is 1. The van der Waals surface area contributed by atoms with Gasteiger partial charge in [-0.05, 0) is 36.9 Å². The van der Waals surface area contributed by atoms with Gasteiger partial charge in [-0.15, -0.1) is 0 Å². The number of benzene rings is 1. The molecule has 2 saturated heterocycles. The van der Waals surface area contributed by atoms with Crippen molar-refractivity contribution < 1.29 is 14.6 Å². The van der Waals surface area contributed by atoms with Crippen molar-refractivity contribution in [3.63, 3.8) is 0 Å². The zero-order valence-corrected chi connectivity index (χ0v) is 16.3. The fourth-order valence-electron chi connectivity index (χ4n) is 3.94. The Bertz CT molecular complexity index is 625. The van der Waals surface area contributed by atoms with Gasteiger partial charge in [-0.3, -0.25) is 9.69 Å². The maximum Gasteiger partial charge on any atom is 0.225 e. The highest BCUT2D eigenvalue weighted by molar-refractivity contribution is 5.79. The molecule has 0 bridgehead atoms. The third kappa shape index (κ3) is 4.38. The normalized spacial score (nSPS) is 20.3. The molecule has 2 aliphatic rings. The van der Waals surface area contributed by atoms with Crippen LogP contribution in [0.5, 0.6) is 5.75 Å². The van der Waals surface area contributed by atoms with Gasteiger partial charge in [-0.2, -0.15) is 0 Å². The highest BCUT2D eigenvalue weighted by atomic mass is 16.5. The van der Waals surface area contributed by atoms with Crippen LogP contribution in [-0.4, -0.2) is 60.2 Å². The summed E-state index contributed by atoms with van der Waals surface area (Å²) in [6.07, 6.45) is 1.80. The molecule has 5 heteroatoms. The summed E-state index contributed by atoms with van der Waals surface area (Å²) in [7, 11) is 0. The van der Waals surface area contributed by atoms with Crippen molar-refractivity contribution in [3.05, 3.63) is 29.3 Å². The second kappa shape index (κ2) is 7.97. The lowest BCUT2D eigenvalue weighted by molar-refractivity contribution is -0.141. The fourth-order valence-corrected chi connectivity index (χ4v) is 3.94. The van der Waals surface area contributed by atoms with E-state index in [1.807, 2.05) is 23.1 Å². The number of hydrogen-bond acceptors (Lipinski definition) is 4. The van der Waals surface area contributed by atoms with E-state index in [1.165, 1.54) is 0 Å². The molecule has 0 aliphatic carbocycles. The molecule has 26 heavy (non-hydrogen) atoms. The zero-order chi connectivity index (χ0) is 18.7. The van der Waals surface area contributed by atoms with Crippen LogP contribution in [-0.2, 0) is 21.5 Å². The Kier molecular flexibility index (Phi) is 5.88. The monoisotopic (exact) mass is 360 g/mol. The Morgan fingerprint density at radius 1 is 1.15 bits per heavy atom. The van der Waals surface area contributed by atoms with E-state index < -0.39 is 0 Å². The third-order valence-electron chi connectivity index (χ3n) is 5.58. The fraction of sp³-hybridized carbons (Fsp3) is 0.667. The molecule has 3 rings (SSSR count). The van der Waals surface area contributed by atoms with Gasteiger partial charge in [0, 0.05) is 31.1 Å². The molecule has 1 N–H and O–H groups in total. The first kappa shape index (κ1) is 19.2.